The van der Waals surface area contributed by atoms with Gasteiger partial charge in [0, 0.05) is 25.7 Å². The lowest BCUT2D eigenvalue weighted by molar-refractivity contribution is -0.158. The van der Waals surface area contributed by atoms with Gasteiger partial charge in [0.2, 0.25) is 23.6 Å². The van der Waals surface area contributed by atoms with Gasteiger partial charge in [-0.2, -0.15) is 0 Å². The fourth-order valence-electron chi connectivity index (χ4n) is 4.31. The van der Waals surface area contributed by atoms with Gasteiger partial charge in [-0.15, -0.1) is 0 Å². The predicted octanol–water partition coefficient (Wildman–Crippen LogP) is 2.75. The first-order chi connectivity index (χ1) is 18.3. The van der Waals surface area contributed by atoms with Crippen molar-refractivity contribution in [2.75, 3.05) is 13.1 Å². The third-order valence-electron chi connectivity index (χ3n) is 6.84. The highest BCUT2D eigenvalue weighted by atomic mass is 16.2. The van der Waals surface area contributed by atoms with Gasteiger partial charge in [0.05, 0.1) is 13.1 Å². The van der Waals surface area contributed by atoms with Crippen molar-refractivity contribution >= 4 is 35.4 Å². The molecule has 38 heavy (non-hydrogen) atoms. The minimum absolute atomic E-state index is 0.161. The zero-order valence-electron chi connectivity index (χ0n) is 23.0. The van der Waals surface area contributed by atoms with Crippen molar-refractivity contribution in [2.24, 2.45) is 0 Å². The van der Waals surface area contributed by atoms with Gasteiger partial charge in [0.1, 0.15) is 12.1 Å². The second-order valence-corrected chi connectivity index (χ2v) is 10.1. The van der Waals surface area contributed by atoms with E-state index in [0.717, 1.165) is 64.2 Å². The van der Waals surface area contributed by atoms with E-state index in [0.29, 0.717) is 25.7 Å². The number of amides is 6. The quantitative estimate of drug-likeness (QED) is 0.158. The minimum Gasteiger partial charge on any atom is -0.343 e. The molecule has 0 aromatic carbocycles. The molecule has 2 atom stereocenters. The number of imide groups is 2. The van der Waals surface area contributed by atoms with E-state index >= 15 is 0 Å². The molecule has 0 saturated carbocycles. The van der Waals surface area contributed by atoms with Crippen LogP contribution in [0, 0.1) is 0 Å². The number of nitrogens with one attached hydrogen (secondary N) is 2. The molecule has 2 saturated heterocycles. The summed E-state index contributed by atoms with van der Waals surface area (Å²) in [7, 11) is 0. The lowest BCUT2D eigenvalue weighted by Crippen LogP contribution is -2.65. The number of β-lactam (4-membered cyclic amide) rings is 2. The topological polar surface area (TPSA) is 133 Å². The molecule has 10 nitrogen and oxygen atoms in total. The Hall–Kier alpha value is -3.04. The smallest absolute Gasteiger partial charge is 0.253 e. The van der Waals surface area contributed by atoms with E-state index in [1.165, 1.54) is 9.80 Å². The van der Waals surface area contributed by atoms with Crippen molar-refractivity contribution in [2.45, 2.75) is 116 Å². The van der Waals surface area contributed by atoms with Crippen LogP contribution in [-0.4, -0.2) is 70.4 Å². The zero-order chi connectivity index (χ0) is 27.9. The number of carbonyl (C=O) groups excluding carboxylic acids is 6. The zero-order valence-corrected chi connectivity index (χ0v) is 23.0. The number of likely N-dealkylation sites (tertiary alicyclic amines) is 2. The molecule has 0 aromatic rings. The van der Waals surface area contributed by atoms with Crippen molar-refractivity contribution in [3.8, 4) is 0 Å². The summed E-state index contributed by atoms with van der Waals surface area (Å²) in [6.45, 7) is 4.53. The number of allylic oxidation sites excluding steroid dienone is 2. The number of nitrogens with zero attached hydrogens (tertiary/aromatic N) is 2. The highest BCUT2D eigenvalue weighted by molar-refractivity contribution is 6.05. The molecule has 0 spiro atoms. The fourth-order valence-corrected chi connectivity index (χ4v) is 4.31. The Morgan fingerprint density at radius 1 is 0.658 bits per heavy atom. The number of hydrogen-bond acceptors (Lipinski definition) is 6. The van der Waals surface area contributed by atoms with E-state index in [-0.39, 0.29) is 48.5 Å². The Bertz CT molecular complexity index is 817. The highest BCUT2D eigenvalue weighted by Gasteiger charge is 2.41. The van der Waals surface area contributed by atoms with E-state index < -0.39 is 12.1 Å². The van der Waals surface area contributed by atoms with Gasteiger partial charge in [-0.3, -0.25) is 38.6 Å². The number of unbranched alkanes of at least 4 members (excludes halogenated alkanes) is 6. The van der Waals surface area contributed by atoms with Gasteiger partial charge in [0.15, 0.2) is 0 Å². The van der Waals surface area contributed by atoms with E-state index in [1.807, 2.05) is 13.8 Å². The van der Waals surface area contributed by atoms with Gasteiger partial charge in [-0.05, 0) is 51.4 Å². The predicted molar refractivity (Wildman–Crippen MR) is 142 cm³/mol. The van der Waals surface area contributed by atoms with Crippen molar-refractivity contribution in [1.29, 1.82) is 0 Å². The normalized spacial score (nSPS) is 18.8. The van der Waals surface area contributed by atoms with E-state index in [4.69, 9.17) is 0 Å². The van der Waals surface area contributed by atoms with Crippen LogP contribution in [0.1, 0.15) is 104 Å². The highest BCUT2D eigenvalue weighted by Crippen LogP contribution is 2.15. The number of hydrogen-bond donors (Lipinski definition) is 2. The Morgan fingerprint density at radius 2 is 1.05 bits per heavy atom. The van der Waals surface area contributed by atoms with E-state index in [1.54, 1.807) is 0 Å². The standard InChI is InChI=1S/C28H44N4O6/c1-3-5-17-25(35)31-19-21(27(31)37)29-23(33)15-13-11-9-7-8-10-12-14-16-24(34)30-22-20-32(28(22)38)26(36)18-6-4-2/h7-8,21-22H,3-6,9-20H2,1-2H3,(H,29,33)(H,30,34)/b8-7+/t21-,22-/m0/s1. The maximum atomic E-state index is 12.0. The molecular weight excluding hydrogens is 488 g/mol. The number of carbonyl (C=O) groups is 6. The molecule has 6 amide bonds. The van der Waals surface area contributed by atoms with Crippen molar-refractivity contribution in [3.63, 3.8) is 0 Å². The summed E-state index contributed by atoms with van der Waals surface area (Å²) in [6.07, 6.45) is 13.8. The van der Waals surface area contributed by atoms with Crippen LogP contribution in [0.25, 0.3) is 0 Å². The van der Waals surface area contributed by atoms with Gasteiger partial charge in [-0.25, -0.2) is 0 Å². The Labute approximate surface area is 225 Å². The van der Waals surface area contributed by atoms with E-state index in [9.17, 15) is 28.8 Å². The molecule has 10 heteroatoms. The van der Waals surface area contributed by atoms with Crippen LogP contribution in [0.3, 0.4) is 0 Å². The van der Waals surface area contributed by atoms with Crippen LogP contribution < -0.4 is 10.6 Å². The molecule has 0 aliphatic carbocycles. The van der Waals surface area contributed by atoms with Gasteiger partial charge >= 0.3 is 0 Å². The summed E-state index contributed by atoms with van der Waals surface area (Å²) in [6, 6.07) is -1.14. The summed E-state index contributed by atoms with van der Waals surface area (Å²) in [4.78, 5) is 74.3. The minimum atomic E-state index is -0.571. The van der Waals surface area contributed by atoms with Crippen LogP contribution in [-0.2, 0) is 28.8 Å². The van der Waals surface area contributed by atoms with Crippen LogP contribution >= 0.6 is 0 Å². The molecule has 2 rings (SSSR count). The van der Waals surface area contributed by atoms with Gasteiger partial charge in [-0.1, -0.05) is 38.8 Å². The van der Waals surface area contributed by atoms with Crippen LogP contribution in [0.4, 0.5) is 0 Å². The second-order valence-electron chi connectivity index (χ2n) is 10.1. The molecule has 2 aliphatic heterocycles. The maximum absolute atomic E-state index is 12.0. The Kier molecular flexibility index (Phi) is 13.7. The molecule has 2 N–H and O–H groups in total. The SMILES string of the molecule is CCCCC(=O)N1C[C@H](NC(=O)CCCC/C=C/CCCCC(=O)N[C@H]2CN(C(=O)CCCC)C2=O)C1=O. The average Bonchev–Trinajstić information content (AvgIpc) is 2.90. The monoisotopic (exact) mass is 532 g/mol. The first-order valence-corrected chi connectivity index (χ1v) is 14.2. The average molecular weight is 533 g/mol. The summed E-state index contributed by atoms with van der Waals surface area (Å²) in [5, 5.41) is 5.42. The van der Waals surface area contributed by atoms with Crippen molar-refractivity contribution in [1.82, 2.24) is 20.4 Å². The fraction of sp³-hybridized carbons (Fsp3) is 0.714. The van der Waals surface area contributed by atoms with Gasteiger partial charge in [0.25, 0.3) is 11.8 Å². The van der Waals surface area contributed by atoms with Crippen molar-refractivity contribution < 1.29 is 28.8 Å². The molecule has 0 unspecified atom stereocenters. The molecule has 2 aliphatic rings. The molecule has 0 aromatic heterocycles. The summed E-state index contributed by atoms with van der Waals surface area (Å²) >= 11 is 0. The molecule has 0 radical (unpaired) electrons. The molecule has 2 fully saturated rings. The van der Waals surface area contributed by atoms with Crippen LogP contribution in [0.15, 0.2) is 12.2 Å². The Morgan fingerprint density at radius 3 is 1.39 bits per heavy atom. The molecule has 2 heterocycles. The lowest BCUT2D eigenvalue weighted by Gasteiger charge is -2.37. The van der Waals surface area contributed by atoms with Crippen molar-refractivity contribution in [3.05, 3.63) is 12.2 Å². The first-order valence-electron chi connectivity index (χ1n) is 14.2. The first kappa shape index (κ1) is 31.2. The summed E-state index contributed by atoms with van der Waals surface area (Å²) in [5.74, 6) is -1.26. The third kappa shape index (κ3) is 10.0. The van der Waals surface area contributed by atoms with Gasteiger partial charge < -0.3 is 10.6 Å². The lowest BCUT2D eigenvalue weighted by atomic mass is 10.1. The largest absolute Gasteiger partial charge is 0.343 e. The Balaban J connectivity index is 1.43. The summed E-state index contributed by atoms with van der Waals surface area (Å²) in [5.41, 5.74) is 0. The number of rotatable bonds is 18. The molecule has 0 bridgehead atoms. The second kappa shape index (κ2) is 16.7. The summed E-state index contributed by atoms with van der Waals surface area (Å²) < 4.78 is 0. The molecular formula is C28H44N4O6. The third-order valence-corrected chi connectivity index (χ3v) is 6.84. The molecule has 212 valence electrons. The maximum Gasteiger partial charge on any atom is 0.253 e. The van der Waals surface area contributed by atoms with Crippen LogP contribution in [0.2, 0.25) is 0 Å². The van der Waals surface area contributed by atoms with Crippen LogP contribution in [0.5, 0.6) is 0 Å². The van der Waals surface area contributed by atoms with E-state index in [2.05, 4.69) is 22.8 Å².